The van der Waals surface area contributed by atoms with Gasteiger partial charge in [-0.2, -0.15) is 5.10 Å². The second kappa shape index (κ2) is 7.72. The highest BCUT2D eigenvalue weighted by Crippen LogP contribution is 2.26. The third-order valence-corrected chi connectivity index (χ3v) is 5.16. The van der Waals surface area contributed by atoms with Gasteiger partial charge >= 0.3 is 6.09 Å². The molecule has 0 radical (unpaired) electrons. The van der Waals surface area contributed by atoms with E-state index in [0.717, 1.165) is 45.2 Å². The number of aliphatic hydroxyl groups is 1. The molecule has 25 heavy (non-hydrogen) atoms. The van der Waals surface area contributed by atoms with Crippen LogP contribution in [0.25, 0.3) is 0 Å². The molecule has 8 nitrogen and oxygen atoms in total. The Kier molecular flexibility index (Phi) is 5.61. The van der Waals surface area contributed by atoms with Crippen molar-refractivity contribution >= 4 is 6.09 Å². The second-order valence-electron chi connectivity index (χ2n) is 7.25. The Hall–Kier alpha value is -1.64. The lowest BCUT2D eigenvalue weighted by Gasteiger charge is -2.37. The molecule has 2 aliphatic rings. The Morgan fingerprint density at radius 2 is 1.92 bits per heavy atom. The molecule has 1 aromatic heterocycles. The number of nitrogens with two attached hydrogens (primary N) is 1. The van der Waals surface area contributed by atoms with E-state index in [2.05, 4.69) is 14.7 Å². The van der Waals surface area contributed by atoms with Crippen LogP contribution in [0.1, 0.15) is 45.1 Å². The van der Waals surface area contributed by atoms with Gasteiger partial charge in [0.1, 0.15) is 0 Å². The lowest BCUT2D eigenvalue weighted by atomic mass is 10.00. The third-order valence-electron chi connectivity index (χ3n) is 5.16. The molecule has 2 atom stereocenters. The van der Waals surface area contributed by atoms with Crippen molar-refractivity contribution in [2.24, 2.45) is 5.73 Å². The van der Waals surface area contributed by atoms with E-state index in [4.69, 9.17) is 10.5 Å². The maximum Gasteiger partial charge on any atom is 0.413 e. The van der Waals surface area contributed by atoms with Gasteiger partial charge in [-0.3, -0.25) is 10.4 Å². The van der Waals surface area contributed by atoms with Crippen molar-refractivity contribution in [1.29, 1.82) is 0 Å². The Labute approximate surface area is 148 Å². The summed E-state index contributed by atoms with van der Waals surface area (Å²) in [6.07, 6.45) is 8.51. The van der Waals surface area contributed by atoms with E-state index < -0.39 is 12.0 Å². The molecule has 3 N–H and O–H groups in total. The van der Waals surface area contributed by atoms with Crippen LogP contribution in [0.3, 0.4) is 0 Å². The molecule has 3 heterocycles. The Morgan fingerprint density at radius 1 is 1.20 bits per heavy atom. The van der Waals surface area contributed by atoms with Gasteiger partial charge in [-0.1, -0.05) is 0 Å². The van der Waals surface area contributed by atoms with Crippen LogP contribution in [0.4, 0.5) is 4.79 Å². The normalized spacial score (nSPS) is 26.0. The molecule has 1 aromatic rings. The first kappa shape index (κ1) is 18.2. The van der Waals surface area contributed by atoms with Gasteiger partial charge in [0.2, 0.25) is 0 Å². The number of amides is 1. The number of nitrogens with zero attached hydrogens (tertiary/aromatic N) is 4. The molecule has 8 heteroatoms. The first-order valence-electron chi connectivity index (χ1n) is 9.15. The Bertz CT molecular complexity index is 549. The fourth-order valence-electron chi connectivity index (χ4n) is 3.88. The van der Waals surface area contributed by atoms with Crippen LogP contribution in [0, 0.1) is 0 Å². The molecule has 0 aromatic carbocycles. The molecule has 2 aliphatic heterocycles. The summed E-state index contributed by atoms with van der Waals surface area (Å²) in [6.45, 7) is 4.68. The lowest BCUT2D eigenvalue weighted by molar-refractivity contribution is -0.149. The molecule has 2 unspecified atom stereocenters. The van der Waals surface area contributed by atoms with Crippen LogP contribution in [0.5, 0.6) is 0 Å². The smallest absolute Gasteiger partial charge is 0.403 e. The van der Waals surface area contributed by atoms with E-state index >= 15 is 0 Å². The molecular weight excluding hydrogens is 322 g/mol. The van der Waals surface area contributed by atoms with E-state index in [1.54, 1.807) is 4.90 Å². The SMILES string of the molecule is CC(N)(O)OC(=O)N1CCCC(N2CCC(n3cccn3)CC2)CC1. The van der Waals surface area contributed by atoms with Gasteiger partial charge in [-0.05, 0) is 38.2 Å². The first-order chi connectivity index (χ1) is 11.9. The summed E-state index contributed by atoms with van der Waals surface area (Å²) in [5.74, 6) is -1.92. The number of likely N-dealkylation sites (tertiary alicyclic amines) is 2. The highest BCUT2D eigenvalue weighted by molar-refractivity contribution is 5.67. The van der Waals surface area contributed by atoms with E-state index in [-0.39, 0.29) is 0 Å². The van der Waals surface area contributed by atoms with Gasteiger partial charge in [-0.25, -0.2) is 4.79 Å². The van der Waals surface area contributed by atoms with Gasteiger partial charge in [0, 0.05) is 51.5 Å². The average molecular weight is 351 g/mol. The zero-order chi connectivity index (χ0) is 17.9. The van der Waals surface area contributed by atoms with Crippen molar-refractivity contribution in [3.05, 3.63) is 18.5 Å². The van der Waals surface area contributed by atoms with Crippen molar-refractivity contribution in [2.45, 2.75) is 57.0 Å². The number of carbonyl (C=O) groups is 1. The van der Waals surface area contributed by atoms with Crippen molar-refractivity contribution < 1.29 is 14.6 Å². The quantitative estimate of drug-likeness (QED) is 0.793. The van der Waals surface area contributed by atoms with Crippen molar-refractivity contribution in [3.8, 4) is 0 Å². The van der Waals surface area contributed by atoms with Crippen LogP contribution < -0.4 is 5.73 Å². The topological polar surface area (TPSA) is 96.9 Å². The fraction of sp³-hybridized carbons (Fsp3) is 0.765. The summed E-state index contributed by atoms with van der Waals surface area (Å²) in [5, 5.41) is 13.8. The highest BCUT2D eigenvalue weighted by Gasteiger charge is 2.30. The zero-order valence-electron chi connectivity index (χ0n) is 14.9. The summed E-state index contributed by atoms with van der Waals surface area (Å²) < 4.78 is 6.94. The monoisotopic (exact) mass is 351 g/mol. The Balaban J connectivity index is 1.48. The maximum atomic E-state index is 12.1. The van der Waals surface area contributed by atoms with Gasteiger partial charge in [0.25, 0.3) is 5.91 Å². The number of ether oxygens (including phenoxy) is 1. The minimum atomic E-state index is -1.92. The number of piperidine rings is 1. The van der Waals surface area contributed by atoms with Crippen molar-refractivity contribution in [3.63, 3.8) is 0 Å². The standard InChI is InChI=1S/C17H29N5O3/c1-17(18,24)25-16(23)21-9-2-4-14(5-13-21)20-11-6-15(7-12-20)22-10-3-8-19-22/h3,8,10,14-15,24H,2,4-7,9,11-13,18H2,1H3. The fourth-order valence-corrected chi connectivity index (χ4v) is 3.88. The van der Waals surface area contributed by atoms with E-state index in [0.29, 0.717) is 25.2 Å². The minimum Gasteiger partial charge on any atom is -0.403 e. The molecular formula is C17H29N5O3. The molecule has 0 saturated carbocycles. The number of hydrogen-bond acceptors (Lipinski definition) is 6. The van der Waals surface area contributed by atoms with E-state index in [9.17, 15) is 9.90 Å². The number of rotatable bonds is 3. The molecule has 2 fully saturated rings. The molecule has 2 saturated heterocycles. The number of carbonyl (C=O) groups excluding carboxylic acids is 1. The summed E-state index contributed by atoms with van der Waals surface area (Å²) in [6, 6.07) is 2.97. The maximum absolute atomic E-state index is 12.1. The predicted molar refractivity (Wildman–Crippen MR) is 92.6 cm³/mol. The predicted octanol–water partition coefficient (Wildman–Crippen LogP) is 1.14. The summed E-state index contributed by atoms with van der Waals surface area (Å²) in [4.78, 5) is 16.3. The van der Waals surface area contributed by atoms with Gasteiger partial charge in [0.15, 0.2) is 0 Å². The molecule has 140 valence electrons. The van der Waals surface area contributed by atoms with Crippen molar-refractivity contribution in [2.75, 3.05) is 26.2 Å². The van der Waals surface area contributed by atoms with Crippen LogP contribution in [0.2, 0.25) is 0 Å². The van der Waals surface area contributed by atoms with Crippen LogP contribution >= 0.6 is 0 Å². The molecule has 0 aliphatic carbocycles. The van der Waals surface area contributed by atoms with Crippen molar-refractivity contribution in [1.82, 2.24) is 19.6 Å². The van der Waals surface area contributed by atoms with Crippen LogP contribution in [0.15, 0.2) is 18.5 Å². The molecule has 0 spiro atoms. The summed E-state index contributed by atoms with van der Waals surface area (Å²) in [7, 11) is 0. The van der Waals surface area contributed by atoms with Gasteiger partial charge in [0.05, 0.1) is 6.04 Å². The van der Waals surface area contributed by atoms with E-state index in [1.807, 2.05) is 18.5 Å². The summed E-state index contributed by atoms with van der Waals surface area (Å²) >= 11 is 0. The van der Waals surface area contributed by atoms with Crippen LogP contribution in [-0.2, 0) is 4.74 Å². The van der Waals surface area contributed by atoms with Crippen LogP contribution in [-0.4, -0.2) is 68.9 Å². The average Bonchev–Trinajstić information content (AvgIpc) is 2.98. The third kappa shape index (κ3) is 4.93. The van der Waals surface area contributed by atoms with Gasteiger partial charge in [-0.15, -0.1) is 0 Å². The minimum absolute atomic E-state index is 0.495. The van der Waals surface area contributed by atoms with Gasteiger partial charge < -0.3 is 19.6 Å². The molecule has 0 bridgehead atoms. The number of hydrogen-bond donors (Lipinski definition) is 2. The zero-order valence-corrected chi connectivity index (χ0v) is 14.9. The van der Waals surface area contributed by atoms with E-state index in [1.165, 1.54) is 6.92 Å². The Morgan fingerprint density at radius 3 is 2.56 bits per heavy atom. The number of aromatic nitrogens is 2. The first-order valence-corrected chi connectivity index (χ1v) is 9.15. The largest absolute Gasteiger partial charge is 0.413 e. The highest BCUT2D eigenvalue weighted by atomic mass is 16.7. The lowest BCUT2D eigenvalue weighted by Crippen LogP contribution is -2.46. The summed E-state index contributed by atoms with van der Waals surface area (Å²) in [5.41, 5.74) is 5.35. The molecule has 3 rings (SSSR count). The molecule has 1 amide bonds. The second-order valence-corrected chi connectivity index (χ2v) is 7.25.